The molecule has 7 nitrogen and oxygen atoms in total. The number of hydrogen-bond donors (Lipinski definition) is 1. The molecule has 3 amide bonds. The molecule has 1 aliphatic rings. The monoisotopic (exact) mass is 483 g/mol. The molecular formula is C24H23Cl2N5O2. The first kappa shape index (κ1) is 22.9. The third-order valence-electron chi connectivity index (χ3n) is 5.60. The van der Waals surface area contributed by atoms with E-state index in [1.165, 1.54) is 0 Å². The first-order valence-corrected chi connectivity index (χ1v) is 11.2. The van der Waals surface area contributed by atoms with Gasteiger partial charge in [-0.2, -0.15) is 0 Å². The number of pyridine rings is 1. The second-order valence-electron chi connectivity index (χ2n) is 7.62. The molecule has 0 spiro atoms. The van der Waals surface area contributed by atoms with E-state index in [0.29, 0.717) is 47.5 Å². The predicted molar refractivity (Wildman–Crippen MR) is 132 cm³/mol. The lowest BCUT2D eigenvalue weighted by atomic mass is 10.1. The van der Waals surface area contributed by atoms with Crippen LogP contribution in [0.4, 0.5) is 21.9 Å². The van der Waals surface area contributed by atoms with E-state index in [9.17, 15) is 9.59 Å². The zero-order valence-electron chi connectivity index (χ0n) is 18.0. The molecule has 1 N–H and O–H groups in total. The number of halogens is 2. The average molecular weight is 484 g/mol. The summed E-state index contributed by atoms with van der Waals surface area (Å²) in [4.78, 5) is 35.1. The lowest BCUT2D eigenvalue weighted by molar-refractivity contribution is 0.0671. The fourth-order valence-corrected chi connectivity index (χ4v) is 4.13. The summed E-state index contributed by atoms with van der Waals surface area (Å²) < 4.78 is 0. The molecule has 3 aromatic rings. The van der Waals surface area contributed by atoms with Crippen molar-refractivity contribution in [2.45, 2.75) is 0 Å². The standard InChI is InChI=1S/C24H23Cl2N5O2/c1-29(19-9-11-27-12-10-19)18-7-5-17(6-8-18)23(32)30-13-15-31(16-14-30)24(33)28-22-20(25)3-2-4-21(22)26/h2-12H,13-16H2,1H3,(H,28,33). The van der Waals surface area contributed by atoms with Gasteiger partial charge in [0.25, 0.3) is 5.91 Å². The van der Waals surface area contributed by atoms with Crippen molar-refractivity contribution in [3.8, 4) is 0 Å². The molecule has 1 aromatic heterocycles. The van der Waals surface area contributed by atoms with Crippen LogP contribution >= 0.6 is 23.2 Å². The highest BCUT2D eigenvalue weighted by Gasteiger charge is 2.25. The van der Waals surface area contributed by atoms with E-state index in [1.807, 2.05) is 48.3 Å². The van der Waals surface area contributed by atoms with Crippen LogP contribution in [0.15, 0.2) is 67.0 Å². The van der Waals surface area contributed by atoms with Gasteiger partial charge < -0.3 is 20.0 Å². The van der Waals surface area contributed by atoms with Crippen molar-refractivity contribution in [1.82, 2.24) is 14.8 Å². The van der Waals surface area contributed by atoms with Gasteiger partial charge in [-0.3, -0.25) is 9.78 Å². The Hall–Kier alpha value is -3.29. The minimum atomic E-state index is -0.291. The number of carbonyl (C=O) groups excluding carboxylic acids is 2. The number of benzene rings is 2. The van der Waals surface area contributed by atoms with Gasteiger partial charge in [0.05, 0.1) is 15.7 Å². The van der Waals surface area contributed by atoms with Crippen LogP contribution in [-0.4, -0.2) is 59.9 Å². The summed E-state index contributed by atoms with van der Waals surface area (Å²) in [6.45, 7) is 1.73. The maximum atomic E-state index is 13.0. The van der Waals surface area contributed by atoms with E-state index < -0.39 is 0 Å². The SMILES string of the molecule is CN(c1ccncc1)c1ccc(C(=O)N2CCN(C(=O)Nc3c(Cl)cccc3Cl)CC2)cc1. The van der Waals surface area contributed by atoms with E-state index >= 15 is 0 Å². The van der Waals surface area contributed by atoms with E-state index in [4.69, 9.17) is 23.2 Å². The molecule has 170 valence electrons. The largest absolute Gasteiger partial charge is 0.345 e. The van der Waals surface area contributed by atoms with Crippen molar-refractivity contribution >= 4 is 52.2 Å². The van der Waals surface area contributed by atoms with Gasteiger partial charge in [-0.15, -0.1) is 0 Å². The number of para-hydroxylation sites is 1. The molecule has 0 aliphatic carbocycles. The molecule has 1 saturated heterocycles. The number of rotatable bonds is 4. The van der Waals surface area contributed by atoms with Crippen molar-refractivity contribution in [3.63, 3.8) is 0 Å². The number of hydrogen-bond acceptors (Lipinski definition) is 4. The number of carbonyl (C=O) groups is 2. The van der Waals surface area contributed by atoms with Gasteiger partial charge in [0, 0.05) is 62.6 Å². The molecule has 0 radical (unpaired) electrons. The highest BCUT2D eigenvalue weighted by molar-refractivity contribution is 6.39. The van der Waals surface area contributed by atoms with Crippen LogP contribution in [0, 0.1) is 0 Å². The second-order valence-corrected chi connectivity index (χ2v) is 8.43. The molecule has 33 heavy (non-hydrogen) atoms. The van der Waals surface area contributed by atoms with Crippen LogP contribution in [0.1, 0.15) is 10.4 Å². The highest BCUT2D eigenvalue weighted by atomic mass is 35.5. The third kappa shape index (κ3) is 5.21. The summed E-state index contributed by atoms with van der Waals surface area (Å²) in [6.07, 6.45) is 3.49. The van der Waals surface area contributed by atoms with Crippen molar-refractivity contribution in [2.75, 3.05) is 43.4 Å². The van der Waals surface area contributed by atoms with Gasteiger partial charge in [0.1, 0.15) is 0 Å². The number of aromatic nitrogens is 1. The number of amides is 3. The molecule has 4 rings (SSSR count). The molecule has 9 heteroatoms. The zero-order valence-corrected chi connectivity index (χ0v) is 19.6. The molecule has 1 aliphatic heterocycles. The second kappa shape index (κ2) is 10.1. The average Bonchev–Trinajstić information content (AvgIpc) is 2.86. The Morgan fingerprint density at radius 3 is 2.00 bits per heavy atom. The maximum absolute atomic E-state index is 13.0. The quantitative estimate of drug-likeness (QED) is 0.557. The topological polar surface area (TPSA) is 68.8 Å². The minimum absolute atomic E-state index is 0.0534. The minimum Gasteiger partial charge on any atom is -0.345 e. The fraction of sp³-hybridized carbons (Fsp3) is 0.208. The van der Waals surface area contributed by atoms with E-state index in [-0.39, 0.29) is 11.9 Å². The number of piperazine rings is 1. The Bertz CT molecular complexity index is 1110. The number of nitrogens with one attached hydrogen (secondary N) is 1. The van der Waals surface area contributed by atoms with Gasteiger partial charge in [0.2, 0.25) is 0 Å². The van der Waals surface area contributed by atoms with Gasteiger partial charge in [-0.05, 0) is 48.5 Å². The van der Waals surface area contributed by atoms with Crippen LogP contribution in [0.2, 0.25) is 10.0 Å². The summed E-state index contributed by atoms with van der Waals surface area (Å²) >= 11 is 12.3. The Morgan fingerprint density at radius 2 is 1.39 bits per heavy atom. The Kier molecular flexibility index (Phi) is 7.01. The van der Waals surface area contributed by atoms with Gasteiger partial charge in [0.15, 0.2) is 0 Å². The highest BCUT2D eigenvalue weighted by Crippen LogP contribution is 2.30. The first-order chi connectivity index (χ1) is 15.9. The fourth-order valence-electron chi connectivity index (χ4n) is 3.64. The van der Waals surface area contributed by atoms with Crippen LogP contribution in [0.25, 0.3) is 0 Å². The van der Waals surface area contributed by atoms with Crippen LogP contribution in [0.5, 0.6) is 0 Å². The van der Waals surface area contributed by atoms with Crippen LogP contribution < -0.4 is 10.2 Å². The molecule has 0 saturated carbocycles. The molecule has 0 bridgehead atoms. The number of urea groups is 1. The lowest BCUT2D eigenvalue weighted by Crippen LogP contribution is -2.51. The summed E-state index contributed by atoms with van der Waals surface area (Å²) in [5.74, 6) is -0.0534. The van der Waals surface area contributed by atoms with Crippen molar-refractivity contribution in [3.05, 3.63) is 82.6 Å². The van der Waals surface area contributed by atoms with E-state index in [0.717, 1.165) is 11.4 Å². The molecule has 2 aromatic carbocycles. The van der Waals surface area contributed by atoms with Gasteiger partial charge in [-0.1, -0.05) is 29.3 Å². The molecule has 1 fully saturated rings. The molecule has 0 unspecified atom stereocenters. The number of nitrogens with zero attached hydrogens (tertiary/aromatic N) is 4. The number of anilines is 3. The summed E-state index contributed by atoms with van der Waals surface area (Å²) in [7, 11) is 1.96. The Labute approximate surface area is 202 Å². The van der Waals surface area contributed by atoms with Gasteiger partial charge in [-0.25, -0.2) is 4.79 Å². The maximum Gasteiger partial charge on any atom is 0.322 e. The zero-order chi connectivity index (χ0) is 23.4. The summed E-state index contributed by atoms with van der Waals surface area (Å²) in [5, 5.41) is 3.52. The predicted octanol–water partition coefficient (Wildman–Crippen LogP) is 5.15. The Morgan fingerprint density at radius 1 is 0.848 bits per heavy atom. The molecule has 0 atom stereocenters. The first-order valence-electron chi connectivity index (χ1n) is 10.5. The van der Waals surface area contributed by atoms with Crippen molar-refractivity contribution in [1.29, 1.82) is 0 Å². The normalized spacial score (nSPS) is 13.5. The Balaban J connectivity index is 1.34. The lowest BCUT2D eigenvalue weighted by Gasteiger charge is -2.35. The van der Waals surface area contributed by atoms with Gasteiger partial charge >= 0.3 is 6.03 Å². The molecular weight excluding hydrogens is 461 g/mol. The van der Waals surface area contributed by atoms with Crippen molar-refractivity contribution in [2.24, 2.45) is 0 Å². The summed E-state index contributed by atoms with van der Waals surface area (Å²) in [5.41, 5.74) is 2.98. The van der Waals surface area contributed by atoms with Crippen LogP contribution in [0.3, 0.4) is 0 Å². The summed E-state index contributed by atoms with van der Waals surface area (Å²) in [6, 6.07) is 16.1. The van der Waals surface area contributed by atoms with E-state index in [2.05, 4.69) is 10.3 Å². The van der Waals surface area contributed by atoms with Crippen molar-refractivity contribution < 1.29 is 9.59 Å². The van der Waals surface area contributed by atoms with E-state index in [1.54, 1.807) is 40.4 Å². The third-order valence-corrected chi connectivity index (χ3v) is 6.23. The van der Waals surface area contributed by atoms with Crippen LogP contribution in [-0.2, 0) is 0 Å². The smallest absolute Gasteiger partial charge is 0.322 e. The molecule has 2 heterocycles.